The highest BCUT2D eigenvalue weighted by molar-refractivity contribution is 7.93. The average Bonchev–Trinajstić information content (AvgIpc) is 2.98. The Kier molecular flexibility index (Phi) is 4.25. The number of nitrogens with one attached hydrogen (secondary N) is 2. The second-order valence-electron chi connectivity index (χ2n) is 4.86. The Bertz CT molecular complexity index is 1000. The Morgan fingerprint density at radius 2 is 1.96 bits per heavy atom. The van der Waals surface area contributed by atoms with Gasteiger partial charge in [-0.15, -0.1) is 0 Å². The molecule has 0 radical (unpaired) electrons. The molecule has 0 saturated heterocycles. The molecular formula is C15H14ClN3O4S. The van der Waals surface area contributed by atoms with E-state index in [0.29, 0.717) is 21.8 Å². The Morgan fingerprint density at radius 1 is 1.17 bits per heavy atom. The van der Waals surface area contributed by atoms with E-state index in [1.807, 2.05) is 0 Å². The number of aromatic nitrogens is 2. The topological polar surface area (TPSA) is 93.3 Å². The highest BCUT2D eigenvalue weighted by atomic mass is 35.5. The van der Waals surface area contributed by atoms with Crippen molar-refractivity contribution in [1.29, 1.82) is 0 Å². The third-order valence-corrected chi connectivity index (χ3v) is 5.02. The molecule has 3 aromatic rings. The average molecular weight is 368 g/mol. The third kappa shape index (κ3) is 2.98. The van der Waals surface area contributed by atoms with E-state index in [1.165, 1.54) is 32.5 Å². The highest BCUT2D eigenvalue weighted by Gasteiger charge is 2.21. The summed E-state index contributed by atoms with van der Waals surface area (Å²) in [4.78, 5) is 7.05. The molecule has 2 N–H and O–H groups in total. The van der Waals surface area contributed by atoms with E-state index >= 15 is 0 Å². The zero-order valence-electron chi connectivity index (χ0n) is 12.8. The minimum atomic E-state index is -3.85. The lowest BCUT2D eigenvalue weighted by atomic mass is 10.2. The Labute approximate surface area is 143 Å². The number of rotatable bonds is 5. The first-order valence-corrected chi connectivity index (χ1v) is 8.69. The van der Waals surface area contributed by atoms with Gasteiger partial charge >= 0.3 is 0 Å². The largest absolute Gasteiger partial charge is 0.481 e. The summed E-state index contributed by atoms with van der Waals surface area (Å²) in [7, 11) is -0.990. The van der Waals surface area contributed by atoms with Gasteiger partial charge in [-0.25, -0.2) is 8.42 Å². The van der Waals surface area contributed by atoms with Crippen molar-refractivity contribution in [3.63, 3.8) is 0 Å². The second kappa shape index (κ2) is 6.21. The Balaban J connectivity index is 2.02. The number of methoxy groups -OCH3 is 2. The summed E-state index contributed by atoms with van der Waals surface area (Å²) in [5, 5.41) is 1.05. The fraction of sp³-hybridized carbons (Fsp3) is 0.133. The van der Waals surface area contributed by atoms with Gasteiger partial charge in [0.05, 0.1) is 14.2 Å². The molecule has 2 aromatic heterocycles. The number of hydrogen-bond donors (Lipinski definition) is 2. The number of aromatic amines is 1. The number of halogens is 1. The monoisotopic (exact) mass is 367 g/mol. The van der Waals surface area contributed by atoms with Gasteiger partial charge in [-0.05, 0) is 24.3 Å². The minimum absolute atomic E-state index is 0.104. The number of hydrogen-bond acceptors (Lipinski definition) is 5. The summed E-state index contributed by atoms with van der Waals surface area (Å²) in [6.07, 6.45) is 1.41. The summed E-state index contributed by atoms with van der Waals surface area (Å²) in [6.45, 7) is 0. The Hall–Kier alpha value is -2.45. The molecular weight excluding hydrogens is 354 g/mol. The van der Waals surface area contributed by atoms with E-state index in [-0.39, 0.29) is 16.5 Å². The molecule has 9 heteroatoms. The fourth-order valence-corrected chi connectivity index (χ4v) is 3.67. The first-order valence-electron chi connectivity index (χ1n) is 6.83. The predicted octanol–water partition coefficient (Wildman–Crippen LogP) is 3.03. The number of benzene rings is 1. The zero-order valence-corrected chi connectivity index (χ0v) is 14.4. The number of fused-ring (bicyclic) bond motifs is 1. The van der Waals surface area contributed by atoms with Crippen LogP contribution in [-0.4, -0.2) is 32.6 Å². The number of H-pyrrole nitrogens is 1. The first-order chi connectivity index (χ1) is 11.4. The maximum atomic E-state index is 12.7. The van der Waals surface area contributed by atoms with Gasteiger partial charge in [0.2, 0.25) is 11.8 Å². The summed E-state index contributed by atoms with van der Waals surface area (Å²) in [5.74, 6) is 0.428. The van der Waals surface area contributed by atoms with Crippen LogP contribution in [0.5, 0.6) is 11.8 Å². The van der Waals surface area contributed by atoms with Crippen LogP contribution in [0.2, 0.25) is 5.02 Å². The van der Waals surface area contributed by atoms with Gasteiger partial charge in [0.1, 0.15) is 10.6 Å². The van der Waals surface area contributed by atoms with E-state index in [2.05, 4.69) is 14.7 Å². The van der Waals surface area contributed by atoms with Crippen molar-refractivity contribution in [3.05, 3.63) is 41.6 Å². The van der Waals surface area contributed by atoms with Crippen molar-refractivity contribution in [2.24, 2.45) is 0 Å². The molecule has 0 aliphatic rings. The maximum absolute atomic E-state index is 12.7. The molecule has 1 aromatic carbocycles. The number of ether oxygens (including phenoxy) is 2. The van der Waals surface area contributed by atoms with E-state index in [4.69, 9.17) is 21.1 Å². The zero-order chi connectivity index (χ0) is 17.3. The van der Waals surface area contributed by atoms with E-state index < -0.39 is 10.0 Å². The molecule has 0 aliphatic carbocycles. The minimum Gasteiger partial charge on any atom is -0.481 e. The first kappa shape index (κ1) is 16.4. The van der Waals surface area contributed by atoms with Crippen LogP contribution in [-0.2, 0) is 10.0 Å². The van der Waals surface area contributed by atoms with Gasteiger partial charge in [-0.1, -0.05) is 11.6 Å². The fourth-order valence-electron chi connectivity index (χ4n) is 2.26. The molecule has 0 unspecified atom stereocenters. The molecule has 0 atom stereocenters. The number of sulfonamides is 1. The SMILES string of the molecule is COc1ccc(NS(=O)(=O)c2c[nH]c3cc(Cl)ccc23)c(OC)n1. The second-order valence-corrected chi connectivity index (χ2v) is 6.95. The van der Waals surface area contributed by atoms with Gasteiger partial charge in [-0.3, -0.25) is 4.72 Å². The van der Waals surface area contributed by atoms with Crippen molar-refractivity contribution >= 4 is 38.2 Å². The van der Waals surface area contributed by atoms with Crippen molar-refractivity contribution in [2.45, 2.75) is 4.90 Å². The molecule has 0 saturated carbocycles. The van der Waals surface area contributed by atoms with Crippen molar-refractivity contribution in [2.75, 3.05) is 18.9 Å². The smallest absolute Gasteiger partial charge is 0.264 e. The van der Waals surface area contributed by atoms with Crippen molar-refractivity contribution in [3.8, 4) is 11.8 Å². The summed E-state index contributed by atoms with van der Waals surface area (Å²) >= 11 is 5.92. The van der Waals surface area contributed by atoms with Crippen LogP contribution in [0.1, 0.15) is 0 Å². The van der Waals surface area contributed by atoms with Gasteiger partial charge in [0.25, 0.3) is 10.0 Å². The summed E-state index contributed by atoms with van der Waals surface area (Å²) < 4.78 is 38.0. The molecule has 2 heterocycles. The quantitative estimate of drug-likeness (QED) is 0.723. The summed E-state index contributed by atoms with van der Waals surface area (Å²) in [6, 6.07) is 7.99. The number of anilines is 1. The third-order valence-electron chi connectivity index (χ3n) is 3.38. The van der Waals surface area contributed by atoms with Crippen LogP contribution in [0.3, 0.4) is 0 Å². The normalized spacial score (nSPS) is 11.5. The van der Waals surface area contributed by atoms with Gasteiger partial charge in [0.15, 0.2) is 0 Å². The van der Waals surface area contributed by atoms with Crippen LogP contribution >= 0.6 is 11.6 Å². The van der Waals surface area contributed by atoms with Crippen LogP contribution < -0.4 is 14.2 Å². The Morgan fingerprint density at radius 3 is 2.67 bits per heavy atom. The molecule has 0 amide bonds. The molecule has 3 rings (SSSR count). The van der Waals surface area contributed by atoms with Gasteiger partial charge < -0.3 is 14.5 Å². The lowest BCUT2D eigenvalue weighted by Crippen LogP contribution is -2.13. The molecule has 24 heavy (non-hydrogen) atoms. The van der Waals surface area contributed by atoms with Crippen molar-refractivity contribution < 1.29 is 17.9 Å². The molecule has 0 spiro atoms. The lowest BCUT2D eigenvalue weighted by Gasteiger charge is -2.11. The van der Waals surface area contributed by atoms with Crippen LogP contribution in [0.4, 0.5) is 5.69 Å². The maximum Gasteiger partial charge on any atom is 0.264 e. The molecule has 126 valence electrons. The standard InChI is InChI=1S/C15H14ClN3O4S/c1-22-14-6-5-11(15(18-14)23-2)19-24(20,21)13-8-17-12-7-9(16)3-4-10(12)13/h3-8,17,19H,1-2H3. The molecule has 7 nitrogen and oxygen atoms in total. The molecule has 0 bridgehead atoms. The summed E-state index contributed by atoms with van der Waals surface area (Å²) in [5.41, 5.74) is 0.837. The van der Waals surface area contributed by atoms with E-state index in [9.17, 15) is 8.42 Å². The van der Waals surface area contributed by atoms with Gasteiger partial charge in [-0.2, -0.15) is 4.98 Å². The van der Waals surface area contributed by atoms with Gasteiger partial charge in [0, 0.05) is 28.2 Å². The van der Waals surface area contributed by atoms with Crippen LogP contribution in [0.25, 0.3) is 10.9 Å². The molecule has 0 fully saturated rings. The van der Waals surface area contributed by atoms with Crippen LogP contribution in [0.15, 0.2) is 41.4 Å². The van der Waals surface area contributed by atoms with Crippen LogP contribution in [0, 0.1) is 0 Å². The lowest BCUT2D eigenvalue weighted by molar-refractivity contribution is 0.366. The van der Waals surface area contributed by atoms with E-state index in [1.54, 1.807) is 18.2 Å². The number of nitrogens with zero attached hydrogens (tertiary/aromatic N) is 1. The van der Waals surface area contributed by atoms with Crippen molar-refractivity contribution in [1.82, 2.24) is 9.97 Å². The number of pyridine rings is 1. The molecule has 0 aliphatic heterocycles. The van der Waals surface area contributed by atoms with E-state index in [0.717, 1.165) is 0 Å². The highest BCUT2D eigenvalue weighted by Crippen LogP contribution is 2.30. The predicted molar refractivity (Wildman–Crippen MR) is 91.5 cm³/mol.